The molecule has 2 saturated heterocycles. The molecule has 1 N–H and O–H groups in total. The van der Waals surface area contributed by atoms with Crippen LogP contribution in [0, 0.1) is 0 Å². The second kappa shape index (κ2) is 6.62. The molecule has 3 aliphatic rings. The Morgan fingerprint density at radius 3 is 2.43 bits per heavy atom. The lowest BCUT2D eigenvalue weighted by Gasteiger charge is -2.39. The summed E-state index contributed by atoms with van der Waals surface area (Å²) >= 11 is 0. The smallest absolute Gasteiger partial charge is 0.241 e. The van der Waals surface area contributed by atoms with Crippen LogP contribution in [0.5, 0.6) is 0 Å². The number of fused-ring (bicyclic) bond motifs is 1. The Morgan fingerprint density at radius 2 is 1.65 bits per heavy atom. The second-order valence-corrected chi connectivity index (χ2v) is 7.21. The van der Waals surface area contributed by atoms with E-state index in [-0.39, 0.29) is 11.9 Å². The van der Waals surface area contributed by atoms with Gasteiger partial charge in [-0.1, -0.05) is 18.2 Å². The maximum absolute atomic E-state index is 12.7. The van der Waals surface area contributed by atoms with Crippen molar-refractivity contribution in [3.8, 4) is 0 Å². The summed E-state index contributed by atoms with van der Waals surface area (Å²) < 4.78 is 0. The van der Waals surface area contributed by atoms with Crippen LogP contribution in [0.1, 0.15) is 37.7 Å². The average molecular weight is 313 g/mol. The molecule has 4 heteroatoms. The summed E-state index contributed by atoms with van der Waals surface area (Å²) in [6.07, 6.45) is 7.10. The van der Waals surface area contributed by atoms with Crippen LogP contribution >= 0.6 is 0 Å². The maximum Gasteiger partial charge on any atom is 0.241 e. The monoisotopic (exact) mass is 313 g/mol. The van der Waals surface area contributed by atoms with E-state index in [1.807, 2.05) is 12.1 Å². The van der Waals surface area contributed by atoms with Crippen LogP contribution in [0.15, 0.2) is 24.3 Å². The van der Waals surface area contributed by atoms with Crippen LogP contribution in [0.25, 0.3) is 0 Å². The number of piperidine rings is 1. The SMILES string of the molecule is O=C1Nc2ccccc2CCC1N1CCC(N2CCCC2)CC1. The molecule has 2 fully saturated rings. The molecule has 1 amide bonds. The molecule has 3 heterocycles. The number of carbonyl (C=O) groups excluding carboxylic acids is 1. The molecule has 124 valence electrons. The van der Waals surface area contributed by atoms with E-state index in [4.69, 9.17) is 0 Å². The van der Waals surface area contributed by atoms with Gasteiger partial charge in [0.05, 0.1) is 6.04 Å². The Hall–Kier alpha value is -1.39. The average Bonchev–Trinajstić information content (AvgIpc) is 3.06. The third-order valence-corrected chi connectivity index (χ3v) is 5.86. The Kier molecular flexibility index (Phi) is 4.36. The number of hydrogen-bond donors (Lipinski definition) is 1. The summed E-state index contributed by atoms with van der Waals surface area (Å²) in [5, 5.41) is 3.15. The van der Waals surface area contributed by atoms with Crippen LogP contribution in [0.4, 0.5) is 5.69 Å². The minimum absolute atomic E-state index is 0.0435. The predicted octanol–water partition coefficient (Wildman–Crippen LogP) is 2.50. The van der Waals surface area contributed by atoms with Gasteiger partial charge in [0.1, 0.15) is 0 Å². The zero-order chi connectivity index (χ0) is 15.6. The van der Waals surface area contributed by atoms with Gasteiger partial charge in [-0.3, -0.25) is 9.69 Å². The molecule has 0 bridgehead atoms. The van der Waals surface area contributed by atoms with Crippen molar-refractivity contribution < 1.29 is 4.79 Å². The lowest BCUT2D eigenvalue weighted by atomic mass is 9.99. The first-order chi connectivity index (χ1) is 11.3. The van der Waals surface area contributed by atoms with E-state index in [2.05, 4.69) is 27.2 Å². The van der Waals surface area contributed by atoms with Gasteiger partial charge in [-0.15, -0.1) is 0 Å². The van der Waals surface area contributed by atoms with Crippen molar-refractivity contribution in [3.05, 3.63) is 29.8 Å². The Bertz CT molecular complexity index is 559. The highest BCUT2D eigenvalue weighted by Gasteiger charge is 2.33. The lowest BCUT2D eigenvalue weighted by molar-refractivity contribution is -0.122. The lowest BCUT2D eigenvalue weighted by Crippen LogP contribution is -2.51. The molecule has 1 aromatic rings. The fourth-order valence-corrected chi connectivity index (χ4v) is 4.52. The molecule has 3 aliphatic heterocycles. The van der Waals surface area contributed by atoms with E-state index in [0.29, 0.717) is 0 Å². The highest BCUT2D eigenvalue weighted by molar-refractivity contribution is 5.96. The topological polar surface area (TPSA) is 35.6 Å². The molecule has 23 heavy (non-hydrogen) atoms. The molecule has 0 aromatic heterocycles. The zero-order valence-electron chi connectivity index (χ0n) is 13.8. The number of amides is 1. The second-order valence-electron chi connectivity index (χ2n) is 7.21. The molecular formula is C19H27N3O. The van der Waals surface area contributed by atoms with Crippen molar-refractivity contribution in [3.63, 3.8) is 0 Å². The number of nitrogens with one attached hydrogen (secondary N) is 1. The predicted molar refractivity (Wildman–Crippen MR) is 92.6 cm³/mol. The minimum atomic E-state index is 0.0435. The normalized spacial score (nSPS) is 27.5. The van der Waals surface area contributed by atoms with Crippen molar-refractivity contribution in [1.82, 2.24) is 9.80 Å². The Balaban J connectivity index is 1.38. The van der Waals surface area contributed by atoms with Crippen LogP contribution in [0.3, 0.4) is 0 Å². The van der Waals surface area contributed by atoms with Crippen LogP contribution in [-0.2, 0) is 11.2 Å². The molecule has 0 aliphatic carbocycles. The minimum Gasteiger partial charge on any atom is -0.324 e. The first-order valence-electron chi connectivity index (χ1n) is 9.18. The number of anilines is 1. The van der Waals surface area contributed by atoms with Gasteiger partial charge in [0, 0.05) is 24.8 Å². The van der Waals surface area contributed by atoms with E-state index in [9.17, 15) is 4.79 Å². The van der Waals surface area contributed by atoms with Gasteiger partial charge in [-0.2, -0.15) is 0 Å². The van der Waals surface area contributed by atoms with Gasteiger partial charge in [0.25, 0.3) is 0 Å². The van der Waals surface area contributed by atoms with Gasteiger partial charge in [0.15, 0.2) is 0 Å². The fourth-order valence-electron chi connectivity index (χ4n) is 4.52. The molecule has 1 atom stereocenters. The summed E-state index contributed by atoms with van der Waals surface area (Å²) in [5.74, 6) is 0.189. The van der Waals surface area contributed by atoms with E-state index in [1.54, 1.807) is 0 Å². The quantitative estimate of drug-likeness (QED) is 0.911. The standard InChI is InChI=1S/C19H27N3O/c23-19-18(8-7-15-5-1-2-6-17(15)20-19)22-13-9-16(10-14-22)21-11-3-4-12-21/h1-2,5-6,16,18H,3-4,7-14H2,(H,20,23). The number of hydrogen-bond acceptors (Lipinski definition) is 3. The molecule has 1 unspecified atom stereocenters. The largest absolute Gasteiger partial charge is 0.324 e. The maximum atomic E-state index is 12.7. The molecular weight excluding hydrogens is 286 g/mol. The fraction of sp³-hybridized carbons (Fsp3) is 0.632. The third kappa shape index (κ3) is 3.15. The highest BCUT2D eigenvalue weighted by atomic mass is 16.2. The Labute approximate surface area is 138 Å². The van der Waals surface area contributed by atoms with Crippen LogP contribution in [-0.4, -0.2) is 54.0 Å². The molecule has 0 radical (unpaired) electrons. The first-order valence-corrected chi connectivity index (χ1v) is 9.18. The van der Waals surface area contributed by atoms with Gasteiger partial charge in [-0.05, 0) is 63.2 Å². The van der Waals surface area contributed by atoms with Gasteiger partial charge >= 0.3 is 0 Å². The van der Waals surface area contributed by atoms with E-state index in [1.165, 1.54) is 44.3 Å². The summed E-state index contributed by atoms with van der Waals surface area (Å²) in [6.45, 7) is 4.69. The molecule has 4 nitrogen and oxygen atoms in total. The first kappa shape index (κ1) is 15.2. The zero-order valence-corrected chi connectivity index (χ0v) is 13.8. The summed E-state index contributed by atoms with van der Waals surface area (Å²) in [4.78, 5) is 17.7. The van der Waals surface area contributed by atoms with Gasteiger partial charge in [0.2, 0.25) is 5.91 Å². The van der Waals surface area contributed by atoms with Crippen LogP contribution in [0.2, 0.25) is 0 Å². The van der Waals surface area contributed by atoms with Crippen molar-refractivity contribution in [1.29, 1.82) is 0 Å². The number of aryl methyl sites for hydroxylation is 1. The number of rotatable bonds is 2. The summed E-state index contributed by atoms with van der Waals surface area (Å²) in [6, 6.07) is 9.02. The van der Waals surface area contributed by atoms with E-state index >= 15 is 0 Å². The number of para-hydroxylation sites is 1. The number of nitrogens with zero attached hydrogens (tertiary/aromatic N) is 2. The van der Waals surface area contributed by atoms with Crippen LogP contribution < -0.4 is 5.32 Å². The summed E-state index contributed by atoms with van der Waals surface area (Å²) in [5.41, 5.74) is 2.28. The highest BCUT2D eigenvalue weighted by Crippen LogP contribution is 2.27. The molecule has 0 spiro atoms. The van der Waals surface area contributed by atoms with Gasteiger partial charge < -0.3 is 10.2 Å². The van der Waals surface area contributed by atoms with Gasteiger partial charge in [-0.25, -0.2) is 0 Å². The van der Waals surface area contributed by atoms with E-state index < -0.39 is 0 Å². The number of benzene rings is 1. The third-order valence-electron chi connectivity index (χ3n) is 5.86. The Morgan fingerprint density at radius 1 is 0.913 bits per heavy atom. The molecule has 4 rings (SSSR count). The van der Waals surface area contributed by atoms with E-state index in [0.717, 1.165) is 37.7 Å². The number of carbonyl (C=O) groups is 1. The number of likely N-dealkylation sites (tertiary alicyclic amines) is 2. The van der Waals surface area contributed by atoms with Crippen molar-refractivity contribution in [2.45, 2.75) is 50.6 Å². The van der Waals surface area contributed by atoms with Crippen molar-refractivity contribution in [2.24, 2.45) is 0 Å². The molecule has 0 saturated carbocycles. The summed E-state index contributed by atoms with van der Waals surface area (Å²) in [7, 11) is 0. The van der Waals surface area contributed by atoms with Crippen molar-refractivity contribution >= 4 is 11.6 Å². The van der Waals surface area contributed by atoms with Crippen molar-refractivity contribution in [2.75, 3.05) is 31.5 Å². The molecule has 1 aromatic carbocycles.